The van der Waals surface area contributed by atoms with Gasteiger partial charge in [-0.3, -0.25) is 0 Å². The standard InChI is InChI=1S/C14H16N2O2/c1-17-13-6-4-12(5-7-13)15-9-11-3-8-14(18-2)16-10-11/h3-8,10,15H,9H2,1-2H3. The van der Waals surface area contributed by atoms with Crippen molar-refractivity contribution in [2.75, 3.05) is 19.5 Å². The topological polar surface area (TPSA) is 43.4 Å². The van der Waals surface area contributed by atoms with Gasteiger partial charge in [0, 0.05) is 24.5 Å². The van der Waals surface area contributed by atoms with E-state index in [0.29, 0.717) is 5.88 Å². The van der Waals surface area contributed by atoms with Crippen molar-refractivity contribution in [3.8, 4) is 11.6 Å². The molecule has 0 aliphatic carbocycles. The molecule has 2 rings (SSSR count). The molecule has 0 fully saturated rings. The number of aromatic nitrogens is 1. The first-order valence-electron chi connectivity index (χ1n) is 5.68. The highest BCUT2D eigenvalue weighted by Gasteiger charge is 1.97. The molecule has 1 aromatic carbocycles. The van der Waals surface area contributed by atoms with E-state index in [1.165, 1.54) is 0 Å². The van der Waals surface area contributed by atoms with E-state index in [-0.39, 0.29) is 0 Å². The number of rotatable bonds is 5. The number of anilines is 1. The lowest BCUT2D eigenvalue weighted by Gasteiger charge is -2.07. The zero-order valence-corrected chi connectivity index (χ0v) is 10.5. The van der Waals surface area contributed by atoms with Gasteiger partial charge in [-0.1, -0.05) is 6.07 Å². The molecule has 1 N–H and O–H groups in total. The van der Waals surface area contributed by atoms with Gasteiger partial charge in [0.15, 0.2) is 0 Å². The summed E-state index contributed by atoms with van der Waals surface area (Å²) in [7, 11) is 3.27. The minimum absolute atomic E-state index is 0.628. The molecule has 0 spiro atoms. The van der Waals surface area contributed by atoms with Crippen LogP contribution in [-0.4, -0.2) is 19.2 Å². The second kappa shape index (κ2) is 5.91. The molecule has 0 atom stereocenters. The Hall–Kier alpha value is -2.23. The Morgan fingerprint density at radius 2 is 1.78 bits per heavy atom. The molecular formula is C14H16N2O2. The largest absolute Gasteiger partial charge is 0.497 e. The van der Waals surface area contributed by atoms with E-state index >= 15 is 0 Å². The average Bonchev–Trinajstić information content (AvgIpc) is 2.46. The fourth-order valence-corrected chi connectivity index (χ4v) is 1.55. The number of pyridine rings is 1. The van der Waals surface area contributed by atoms with Crippen LogP contribution in [0.25, 0.3) is 0 Å². The van der Waals surface area contributed by atoms with Crippen molar-refractivity contribution in [2.24, 2.45) is 0 Å². The molecule has 0 saturated carbocycles. The first kappa shape index (κ1) is 12.2. The molecule has 1 heterocycles. The highest BCUT2D eigenvalue weighted by molar-refractivity contribution is 5.46. The van der Waals surface area contributed by atoms with E-state index in [4.69, 9.17) is 9.47 Å². The van der Waals surface area contributed by atoms with Gasteiger partial charge in [-0.25, -0.2) is 4.98 Å². The third kappa shape index (κ3) is 3.13. The lowest BCUT2D eigenvalue weighted by Crippen LogP contribution is -2.00. The third-order valence-corrected chi connectivity index (χ3v) is 2.59. The lowest BCUT2D eigenvalue weighted by molar-refractivity contribution is 0.397. The zero-order chi connectivity index (χ0) is 12.8. The van der Waals surface area contributed by atoms with Crippen molar-refractivity contribution in [3.63, 3.8) is 0 Å². The first-order valence-corrected chi connectivity index (χ1v) is 5.68. The molecule has 4 nitrogen and oxygen atoms in total. The Kier molecular flexibility index (Phi) is 4.02. The molecule has 2 aromatic rings. The monoisotopic (exact) mass is 244 g/mol. The number of hydrogen-bond acceptors (Lipinski definition) is 4. The SMILES string of the molecule is COc1ccc(NCc2ccc(OC)nc2)cc1. The highest BCUT2D eigenvalue weighted by Crippen LogP contribution is 2.16. The second-order valence-electron chi connectivity index (χ2n) is 3.79. The Balaban J connectivity index is 1.93. The summed E-state index contributed by atoms with van der Waals surface area (Å²) in [5.41, 5.74) is 2.15. The summed E-state index contributed by atoms with van der Waals surface area (Å²) in [6.07, 6.45) is 1.80. The lowest BCUT2D eigenvalue weighted by atomic mass is 10.2. The molecule has 0 aliphatic heterocycles. The van der Waals surface area contributed by atoms with Crippen molar-refractivity contribution in [1.82, 2.24) is 4.98 Å². The van der Waals surface area contributed by atoms with E-state index in [0.717, 1.165) is 23.5 Å². The fraction of sp³-hybridized carbons (Fsp3) is 0.214. The maximum atomic E-state index is 5.11. The maximum Gasteiger partial charge on any atom is 0.212 e. The highest BCUT2D eigenvalue weighted by atomic mass is 16.5. The van der Waals surface area contributed by atoms with Crippen LogP contribution in [0.2, 0.25) is 0 Å². The van der Waals surface area contributed by atoms with E-state index in [1.54, 1.807) is 20.4 Å². The van der Waals surface area contributed by atoms with Crippen molar-refractivity contribution in [3.05, 3.63) is 48.2 Å². The van der Waals surface area contributed by atoms with Crippen LogP contribution in [0.15, 0.2) is 42.6 Å². The van der Waals surface area contributed by atoms with Crippen LogP contribution < -0.4 is 14.8 Å². The van der Waals surface area contributed by atoms with Crippen LogP contribution in [0.3, 0.4) is 0 Å². The van der Waals surface area contributed by atoms with Crippen LogP contribution in [0, 0.1) is 0 Å². The van der Waals surface area contributed by atoms with E-state index in [1.807, 2.05) is 36.4 Å². The van der Waals surface area contributed by atoms with E-state index in [9.17, 15) is 0 Å². The normalized spacial score (nSPS) is 9.89. The molecule has 0 bridgehead atoms. The van der Waals surface area contributed by atoms with Crippen LogP contribution >= 0.6 is 0 Å². The molecular weight excluding hydrogens is 228 g/mol. The minimum Gasteiger partial charge on any atom is -0.497 e. The summed E-state index contributed by atoms with van der Waals surface area (Å²) in [6, 6.07) is 11.7. The second-order valence-corrected chi connectivity index (χ2v) is 3.79. The van der Waals surface area contributed by atoms with Gasteiger partial charge in [-0.2, -0.15) is 0 Å². The molecule has 0 amide bonds. The van der Waals surface area contributed by atoms with Gasteiger partial charge < -0.3 is 14.8 Å². The smallest absolute Gasteiger partial charge is 0.212 e. The molecule has 4 heteroatoms. The molecule has 0 saturated heterocycles. The molecule has 0 unspecified atom stereocenters. The quantitative estimate of drug-likeness (QED) is 0.878. The summed E-state index contributed by atoms with van der Waals surface area (Å²) in [6.45, 7) is 0.726. The van der Waals surface area contributed by atoms with Crippen molar-refractivity contribution >= 4 is 5.69 Å². The van der Waals surface area contributed by atoms with Crippen LogP contribution in [0.1, 0.15) is 5.56 Å². The molecule has 1 aromatic heterocycles. The molecule has 0 radical (unpaired) electrons. The van der Waals surface area contributed by atoms with Gasteiger partial charge in [0.2, 0.25) is 5.88 Å². The summed E-state index contributed by atoms with van der Waals surface area (Å²) in [5.74, 6) is 1.48. The number of nitrogens with one attached hydrogen (secondary N) is 1. The fourth-order valence-electron chi connectivity index (χ4n) is 1.55. The number of nitrogens with zero attached hydrogens (tertiary/aromatic N) is 1. The molecule has 94 valence electrons. The van der Waals surface area contributed by atoms with Gasteiger partial charge in [0.25, 0.3) is 0 Å². The third-order valence-electron chi connectivity index (χ3n) is 2.59. The van der Waals surface area contributed by atoms with Gasteiger partial charge in [-0.05, 0) is 29.8 Å². The van der Waals surface area contributed by atoms with Crippen molar-refractivity contribution in [2.45, 2.75) is 6.54 Å². The average molecular weight is 244 g/mol. The van der Waals surface area contributed by atoms with E-state index < -0.39 is 0 Å². The van der Waals surface area contributed by atoms with Gasteiger partial charge in [0.1, 0.15) is 5.75 Å². The number of hydrogen-bond donors (Lipinski definition) is 1. The Bertz CT molecular complexity index is 433. The number of methoxy groups -OCH3 is 2. The molecule has 18 heavy (non-hydrogen) atoms. The summed E-state index contributed by atoms with van der Waals surface area (Å²) >= 11 is 0. The summed E-state index contributed by atoms with van der Waals surface area (Å²) < 4.78 is 10.1. The summed E-state index contributed by atoms with van der Waals surface area (Å²) in [5, 5.41) is 3.31. The van der Waals surface area contributed by atoms with E-state index in [2.05, 4.69) is 10.3 Å². The van der Waals surface area contributed by atoms with Crippen LogP contribution in [0.5, 0.6) is 11.6 Å². The first-order chi connectivity index (χ1) is 8.81. The predicted octanol–water partition coefficient (Wildman–Crippen LogP) is 2.71. The van der Waals surface area contributed by atoms with Crippen molar-refractivity contribution in [1.29, 1.82) is 0 Å². The number of ether oxygens (including phenoxy) is 2. The van der Waals surface area contributed by atoms with Crippen molar-refractivity contribution < 1.29 is 9.47 Å². The summed E-state index contributed by atoms with van der Waals surface area (Å²) in [4.78, 5) is 4.15. The minimum atomic E-state index is 0.628. The Morgan fingerprint density at radius 3 is 2.33 bits per heavy atom. The zero-order valence-electron chi connectivity index (χ0n) is 10.5. The van der Waals surface area contributed by atoms with Gasteiger partial charge in [-0.15, -0.1) is 0 Å². The van der Waals surface area contributed by atoms with Crippen LogP contribution in [0.4, 0.5) is 5.69 Å². The van der Waals surface area contributed by atoms with Crippen LogP contribution in [-0.2, 0) is 6.54 Å². The Morgan fingerprint density at radius 1 is 1.00 bits per heavy atom. The number of benzene rings is 1. The van der Waals surface area contributed by atoms with Gasteiger partial charge >= 0.3 is 0 Å². The Labute approximate surface area is 107 Å². The van der Waals surface area contributed by atoms with Gasteiger partial charge in [0.05, 0.1) is 14.2 Å². The molecule has 0 aliphatic rings. The predicted molar refractivity (Wildman–Crippen MR) is 71.1 cm³/mol. The maximum absolute atomic E-state index is 5.11.